The van der Waals surface area contributed by atoms with Gasteiger partial charge in [0.25, 0.3) is 0 Å². The van der Waals surface area contributed by atoms with Crippen LogP contribution >= 0.6 is 0 Å². The summed E-state index contributed by atoms with van der Waals surface area (Å²) in [5.74, 6) is 1.43. The minimum atomic E-state index is -0.862. The molecule has 4 rings (SSSR count). The van der Waals surface area contributed by atoms with Crippen LogP contribution in [0.3, 0.4) is 0 Å². The third-order valence-corrected chi connectivity index (χ3v) is 5.89. The Morgan fingerprint density at radius 1 is 0.833 bits per heavy atom. The van der Waals surface area contributed by atoms with Crippen molar-refractivity contribution in [3.63, 3.8) is 0 Å². The maximum absolute atomic E-state index is 11.7. The summed E-state index contributed by atoms with van der Waals surface area (Å²) in [6.07, 6.45) is 1.30. The number of benzene rings is 2. The number of hydrogen-bond acceptors (Lipinski definition) is 8. The molecule has 36 heavy (non-hydrogen) atoms. The molecule has 0 radical (unpaired) electrons. The van der Waals surface area contributed by atoms with Crippen molar-refractivity contribution < 1.29 is 38.3 Å². The molecule has 1 N–H and O–H groups in total. The summed E-state index contributed by atoms with van der Waals surface area (Å²) < 4.78 is 35.1. The summed E-state index contributed by atoms with van der Waals surface area (Å²) in [7, 11) is 0. The van der Waals surface area contributed by atoms with E-state index in [2.05, 4.69) is 0 Å². The van der Waals surface area contributed by atoms with Crippen LogP contribution in [-0.2, 0) is 4.79 Å². The molecule has 0 amide bonds. The number of hydrogen-bond donors (Lipinski definition) is 1. The number of aliphatic carboxylic acids is 1. The fraction of sp³-hybridized carbons (Fsp3) is 0.519. The molecule has 2 aliphatic heterocycles. The van der Waals surface area contributed by atoms with E-state index in [0.29, 0.717) is 73.6 Å². The van der Waals surface area contributed by atoms with Gasteiger partial charge in [0.15, 0.2) is 23.0 Å². The number of carboxylic acids is 1. The summed E-state index contributed by atoms with van der Waals surface area (Å²) in [6, 6.07) is 10.5. The zero-order valence-corrected chi connectivity index (χ0v) is 21.5. The number of fused-ring (bicyclic) bond motifs is 2. The Hall–Kier alpha value is -3.33. The number of rotatable bonds is 12. The van der Waals surface area contributed by atoms with E-state index in [4.69, 9.17) is 28.4 Å². The second kappa shape index (κ2) is 10.3. The van der Waals surface area contributed by atoms with Crippen molar-refractivity contribution in [1.29, 1.82) is 0 Å². The Morgan fingerprint density at radius 2 is 1.28 bits per heavy atom. The first kappa shape index (κ1) is 25.8. The van der Waals surface area contributed by atoms with E-state index in [1.807, 2.05) is 69.0 Å². The van der Waals surface area contributed by atoms with Gasteiger partial charge in [0.05, 0.1) is 13.2 Å². The SMILES string of the molecule is CC(C(=O)O)N(CCCOc1cccc2c1OC(C)(C)O2)CCCOc1cccc2c1OC(C)(C)O2. The molecule has 1 unspecified atom stereocenters. The van der Waals surface area contributed by atoms with Crippen molar-refractivity contribution in [1.82, 2.24) is 4.90 Å². The first-order chi connectivity index (χ1) is 17.0. The van der Waals surface area contributed by atoms with Gasteiger partial charge in [-0.1, -0.05) is 12.1 Å². The minimum absolute atomic E-state index is 0.420. The highest BCUT2D eigenvalue weighted by molar-refractivity contribution is 5.72. The Bertz CT molecular complexity index is 1010. The van der Waals surface area contributed by atoms with Crippen LogP contribution < -0.4 is 28.4 Å². The number of carbonyl (C=O) groups is 1. The van der Waals surface area contributed by atoms with Crippen molar-refractivity contribution >= 4 is 5.97 Å². The van der Waals surface area contributed by atoms with E-state index in [-0.39, 0.29) is 0 Å². The van der Waals surface area contributed by atoms with Crippen molar-refractivity contribution in [3.05, 3.63) is 36.4 Å². The van der Waals surface area contributed by atoms with Crippen LogP contribution in [0.5, 0.6) is 34.5 Å². The molecule has 9 heteroatoms. The van der Waals surface area contributed by atoms with Crippen LogP contribution in [0.15, 0.2) is 36.4 Å². The standard InChI is InChI=1S/C27H35NO8/c1-18(25(29)30)28(14-8-16-31-19-10-6-12-21-23(19)35-26(2,3)33-21)15-9-17-32-20-11-7-13-22-24(20)36-27(4,5)34-22/h6-7,10-13,18H,8-9,14-17H2,1-5H3,(H,29,30). The lowest BCUT2D eigenvalue weighted by Crippen LogP contribution is -2.41. The molecular formula is C27H35NO8. The van der Waals surface area contributed by atoms with Gasteiger partial charge >= 0.3 is 5.97 Å². The normalized spacial score (nSPS) is 17.2. The summed E-state index contributed by atoms with van der Waals surface area (Å²) in [5.41, 5.74) is 0. The smallest absolute Gasteiger partial charge is 0.320 e. The predicted octanol–water partition coefficient (Wildman–Crippen LogP) is 4.71. The zero-order valence-electron chi connectivity index (χ0n) is 21.5. The maximum Gasteiger partial charge on any atom is 0.320 e. The quantitative estimate of drug-likeness (QED) is 0.415. The number of para-hydroxylation sites is 2. The molecule has 0 fully saturated rings. The van der Waals surface area contributed by atoms with Gasteiger partial charge in [-0.25, -0.2) is 0 Å². The molecule has 2 heterocycles. The molecule has 2 aromatic carbocycles. The van der Waals surface area contributed by atoms with Crippen LogP contribution in [0.25, 0.3) is 0 Å². The summed E-state index contributed by atoms with van der Waals surface area (Å²) in [4.78, 5) is 13.6. The van der Waals surface area contributed by atoms with Gasteiger partial charge in [0, 0.05) is 40.8 Å². The van der Waals surface area contributed by atoms with Crippen molar-refractivity contribution in [2.75, 3.05) is 26.3 Å². The molecular weight excluding hydrogens is 466 g/mol. The minimum Gasteiger partial charge on any atom is -0.489 e. The highest BCUT2D eigenvalue weighted by Crippen LogP contribution is 2.46. The summed E-state index contributed by atoms with van der Waals surface area (Å²) >= 11 is 0. The third kappa shape index (κ3) is 6.07. The highest BCUT2D eigenvalue weighted by Gasteiger charge is 2.35. The van der Waals surface area contributed by atoms with Gasteiger partial charge in [-0.05, 0) is 44.0 Å². The molecule has 2 aromatic rings. The van der Waals surface area contributed by atoms with E-state index in [9.17, 15) is 9.90 Å². The Kier molecular flexibility index (Phi) is 7.40. The van der Waals surface area contributed by atoms with Gasteiger partial charge in [0.2, 0.25) is 23.1 Å². The first-order valence-electron chi connectivity index (χ1n) is 12.3. The summed E-state index contributed by atoms with van der Waals surface area (Å²) in [5, 5.41) is 9.57. The van der Waals surface area contributed by atoms with E-state index < -0.39 is 23.6 Å². The molecule has 1 atom stereocenters. The second-order valence-corrected chi connectivity index (χ2v) is 9.83. The van der Waals surface area contributed by atoms with Gasteiger partial charge in [-0.3, -0.25) is 9.69 Å². The molecule has 196 valence electrons. The fourth-order valence-corrected chi connectivity index (χ4v) is 4.20. The Labute approximate surface area is 211 Å². The van der Waals surface area contributed by atoms with Crippen molar-refractivity contribution in [3.8, 4) is 34.5 Å². The lowest BCUT2D eigenvalue weighted by Gasteiger charge is -2.26. The molecule has 0 spiro atoms. The Morgan fingerprint density at radius 3 is 1.69 bits per heavy atom. The second-order valence-electron chi connectivity index (χ2n) is 9.83. The average Bonchev–Trinajstić information content (AvgIpc) is 3.30. The molecule has 0 saturated heterocycles. The van der Waals surface area contributed by atoms with Gasteiger partial charge < -0.3 is 33.5 Å². The summed E-state index contributed by atoms with van der Waals surface area (Å²) in [6.45, 7) is 11.0. The average molecular weight is 502 g/mol. The number of ether oxygens (including phenoxy) is 6. The van der Waals surface area contributed by atoms with E-state index in [0.717, 1.165) is 0 Å². The van der Waals surface area contributed by atoms with Gasteiger partial charge in [0.1, 0.15) is 6.04 Å². The van der Waals surface area contributed by atoms with Crippen LogP contribution in [0.1, 0.15) is 47.5 Å². The topological polar surface area (TPSA) is 95.9 Å². The maximum atomic E-state index is 11.7. The van der Waals surface area contributed by atoms with E-state index >= 15 is 0 Å². The molecule has 0 saturated carbocycles. The van der Waals surface area contributed by atoms with Crippen molar-refractivity contribution in [2.24, 2.45) is 0 Å². The van der Waals surface area contributed by atoms with Gasteiger partial charge in [-0.15, -0.1) is 0 Å². The molecule has 0 bridgehead atoms. The number of carboxylic acid groups (broad SMARTS) is 1. The number of nitrogens with zero attached hydrogens (tertiary/aromatic N) is 1. The zero-order chi connectivity index (χ0) is 25.9. The lowest BCUT2D eigenvalue weighted by atomic mass is 10.2. The predicted molar refractivity (Wildman–Crippen MR) is 132 cm³/mol. The largest absolute Gasteiger partial charge is 0.489 e. The van der Waals surface area contributed by atoms with Crippen LogP contribution in [0.4, 0.5) is 0 Å². The highest BCUT2D eigenvalue weighted by atomic mass is 16.7. The lowest BCUT2D eigenvalue weighted by molar-refractivity contribution is -0.142. The van der Waals surface area contributed by atoms with Crippen LogP contribution in [-0.4, -0.2) is 59.9 Å². The van der Waals surface area contributed by atoms with Crippen molar-refractivity contribution in [2.45, 2.75) is 65.1 Å². The van der Waals surface area contributed by atoms with Crippen LogP contribution in [0.2, 0.25) is 0 Å². The van der Waals surface area contributed by atoms with Crippen LogP contribution in [0, 0.1) is 0 Å². The Balaban J connectivity index is 1.26. The molecule has 9 nitrogen and oxygen atoms in total. The monoisotopic (exact) mass is 501 g/mol. The molecule has 0 aliphatic carbocycles. The third-order valence-electron chi connectivity index (χ3n) is 5.89. The van der Waals surface area contributed by atoms with E-state index in [1.54, 1.807) is 6.92 Å². The van der Waals surface area contributed by atoms with Gasteiger partial charge in [-0.2, -0.15) is 0 Å². The fourth-order valence-electron chi connectivity index (χ4n) is 4.20. The van der Waals surface area contributed by atoms with E-state index in [1.165, 1.54) is 0 Å². The molecule has 0 aromatic heterocycles. The molecule has 2 aliphatic rings. The first-order valence-corrected chi connectivity index (χ1v) is 12.3.